The molecule has 186 valence electrons. The highest BCUT2D eigenvalue weighted by Gasteiger charge is 2.29. The van der Waals surface area contributed by atoms with Crippen molar-refractivity contribution >= 4 is 12.2 Å². The molecule has 0 nitrogen and oxygen atoms in total. The van der Waals surface area contributed by atoms with Gasteiger partial charge in [0, 0.05) is 5.41 Å². The van der Waals surface area contributed by atoms with Crippen LogP contribution in [0, 0.1) is 11.3 Å². The topological polar surface area (TPSA) is 0 Å². The maximum absolute atomic E-state index is 3.99. The van der Waals surface area contributed by atoms with Crippen molar-refractivity contribution in [3.8, 4) is 0 Å². The van der Waals surface area contributed by atoms with E-state index in [2.05, 4.69) is 95.8 Å². The van der Waals surface area contributed by atoms with Gasteiger partial charge < -0.3 is 0 Å². The van der Waals surface area contributed by atoms with Crippen molar-refractivity contribution in [2.75, 3.05) is 0 Å². The van der Waals surface area contributed by atoms with Crippen molar-refractivity contribution in [1.29, 1.82) is 0 Å². The van der Waals surface area contributed by atoms with Crippen LogP contribution in [0.25, 0.3) is 12.2 Å². The second-order valence-corrected chi connectivity index (χ2v) is 8.12. The Hall–Kier alpha value is -2.08. The summed E-state index contributed by atoms with van der Waals surface area (Å²) in [5, 5.41) is 0. The summed E-state index contributed by atoms with van der Waals surface area (Å²) in [5.41, 5.74) is 7.04. The van der Waals surface area contributed by atoms with Gasteiger partial charge in [-0.05, 0) is 42.7 Å². The van der Waals surface area contributed by atoms with E-state index in [1.807, 2.05) is 47.6 Å². The van der Waals surface area contributed by atoms with Gasteiger partial charge in [-0.25, -0.2) is 0 Å². The standard InChI is InChI=1S/C27H36.3C2H6/c1-7-21(4)26(20-24-16-12-11-15-23(24)8-2)27(5,6)25(9-3)17-13-10-14-22-18-19-22;3*1-2/h8,10-17,20-21H,2,7,9,18-19H2,1,3-6H3;3*1-2H3/b13-10-,25-17+,26-20+;;;. The number of allylic oxidation sites excluding steroid dienone is 7. The summed E-state index contributed by atoms with van der Waals surface area (Å²) in [6.07, 6.45) is 18.1. The number of benzene rings is 1. The molecule has 1 unspecified atom stereocenters. The Morgan fingerprint density at radius 3 is 1.94 bits per heavy atom. The predicted octanol–water partition coefficient (Wildman–Crippen LogP) is 11.5. The lowest BCUT2D eigenvalue weighted by molar-refractivity contribution is 0.448. The van der Waals surface area contributed by atoms with Gasteiger partial charge in [-0.15, -0.1) is 0 Å². The molecule has 0 saturated heterocycles. The summed E-state index contributed by atoms with van der Waals surface area (Å²) in [4.78, 5) is 0. The molecule has 1 aromatic rings. The highest BCUT2D eigenvalue weighted by molar-refractivity contribution is 5.67. The fourth-order valence-electron chi connectivity index (χ4n) is 3.71. The fourth-order valence-corrected chi connectivity index (χ4v) is 3.71. The highest BCUT2D eigenvalue weighted by Crippen LogP contribution is 2.42. The molecule has 0 bridgehead atoms. The minimum atomic E-state index is 0.0233. The van der Waals surface area contributed by atoms with Crippen LogP contribution >= 0.6 is 0 Å². The molecule has 1 aliphatic rings. The van der Waals surface area contributed by atoms with E-state index in [-0.39, 0.29) is 5.41 Å². The van der Waals surface area contributed by atoms with Crippen molar-refractivity contribution in [3.05, 3.63) is 83.0 Å². The molecule has 33 heavy (non-hydrogen) atoms. The van der Waals surface area contributed by atoms with Gasteiger partial charge in [0.05, 0.1) is 0 Å². The second kappa shape index (κ2) is 19.4. The van der Waals surface area contributed by atoms with Crippen molar-refractivity contribution in [1.82, 2.24) is 0 Å². The molecule has 0 aliphatic heterocycles. The summed E-state index contributed by atoms with van der Waals surface area (Å²) < 4.78 is 0. The summed E-state index contributed by atoms with van der Waals surface area (Å²) >= 11 is 0. The first-order valence-electron chi connectivity index (χ1n) is 13.4. The fraction of sp³-hybridized carbons (Fsp3) is 0.515. The van der Waals surface area contributed by atoms with Crippen LogP contribution in [0.1, 0.15) is 113 Å². The van der Waals surface area contributed by atoms with Crippen molar-refractivity contribution in [2.45, 2.75) is 102 Å². The van der Waals surface area contributed by atoms with E-state index in [1.54, 1.807) is 5.57 Å². The Balaban J connectivity index is 0. The summed E-state index contributed by atoms with van der Waals surface area (Å²) in [5.74, 6) is 0.533. The van der Waals surface area contributed by atoms with Gasteiger partial charge in [0.25, 0.3) is 0 Å². The zero-order valence-electron chi connectivity index (χ0n) is 23.9. The molecule has 1 saturated carbocycles. The van der Waals surface area contributed by atoms with Gasteiger partial charge in [-0.2, -0.15) is 0 Å². The van der Waals surface area contributed by atoms with Crippen LogP contribution in [0.5, 0.6) is 0 Å². The zero-order chi connectivity index (χ0) is 25.9. The average molecular weight is 451 g/mol. The molecule has 1 atom stereocenters. The third-order valence-electron chi connectivity index (χ3n) is 5.85. The number of hydrogen-bond acceptors (Lipinski definition) is 0. The first-order valence-corrected chi connectivity index (χ1v) is 13.4. The number of hydrogen-bond donors (Lipinski definition) is 0. The van der Waals surface area contributed by atoms with Crippen LogP contribution < -0.4 is 0 Å². The first kappa shape index (κ1) is 33.1. The van der Waals surface area contributed by atoms with E-state index in [1.165, 1.54) is 35.1 Å². The van der Waals surface area contributed by atoms with Crippen LogP contribution in [0.3, 0.4) is 0 Å². The summed E-state index contributed by atoms with van der Waals surface area (Å²) in [7, 11) is 0. The number of rotatable bonds is 9. The zero-order valence-corrected chi connectivity index (χ0v) is 23.9. The van der Waals surface area contributed by atoms with E-state index >= 15 is 0 Å². The first-order chi connectivity index (χ1) is 15.9. The van der Waals surface area contributed by atoms with Gasteiger partial charge in [0.15, 0.2) is 0 Å². The Kier molecular flexibility index (Phi) is 19.5. The Morgan fingerprint density at radius 1 is 0.939 bits per heavy atom. The van der Waals surface area contributed by atoms with Gasteiger partial charge >= 0.3 is 0 Å². The lowest BCUT2D eigenvalue weighted by atomic mass is 9.70. The van der Waals surface area contributed by atoms with Crippen molar-refractivity contribution in [3.63, 3.8) is 0 Å². The Morgan fingerprint density at radius 2 is 1.48 bits per heavy atom. The monoisotopic (exact) mass is 450 g/mol. The van der Waals surface area contributed by atoms with Crippen LogP contribution in [-0.2, 0) is 0 Å². The lowest BCUT2D eigenvalue weighted by Gasteiger charge is -2.35. The molecule has 0 spiro atoms. The van der Waals surface area contributed by atoms with Crippen LogP contribution in [0.15, 0.2) is 71.9 Å². The normalized spacial score (nSPS) is 14.1. The molecule has 1 fully saturated rings. The molecule has 0 N–H and O–H groups in total. The van der Waals surface area contributed by atoms with Gasteiger partial charge in [-0.3, -0.25) is 0 Å². The highest BCUT2D eigenvalue weighted by atomic mass is 14.3. The van der Waals surface area contributed by atoms with Crippen LogP contribution in [-0.4, -0.2) is 0 Å². The average Bonchev–Trinajstić information content (AvgIpc) is 3.70. The second-order valence-electron chi connectivity index (χ2n) is 8.12. The van der Waals surface area contributed by atoms with Crippen LogP contribution in [0.4, 0.5) is 0 Å². The molecule has 1 aliphatic carbocycles. The maximum atomic E-state index is 3.99. The summed E-state index contributed by atoms with van der Waals surface area (Å²) in [6.45, 7) is 27.7. The predicted molar refractivity (Wildman–Crippen MR) is 157 cm³/mol. The van der Waals surface area contributed by atoms with E-state index in [4.69, 9.17) is 0 Å². The minimum Gasteiger partial charge on any atom is -0.0984 e. The quantitative estimate of drug-likeness (QED) is 0.328. The molecular formula is C33H54. The van der Waals surface area contributed by atoms with Gasteiger partial charge in [0.1, 0.15) is 0 Å². The Bertz CT molecular complexity index is 759. The Labute approximate surface area is 208 Å². The third kappa shape index (κ3) is 11.6. The maximum Gasteiger partial charge on any atom is 0.00730 e. The van der Waals surface area contributed by atoms with E-state index < -0.39 is 0 Å². The molecule has 1 aromatic carbocycles. The van der Waals surface area contributed by atoms with E-state index in [0.29, 0.717) is 5.92 Å². The van der Waals surface area contributed by atoms with Gasteiger partial charge in [-0.1, -0.05) is 160 Å². The molecule has 0 heteroatoms. The van der Waals surface area contributed by atoms with Crippen molar-refractivity contribution in [2.24, 2.45) is 11.3 Å². The molecule has 0 heterocycles. The van der Waals surface area contributed by atoms with E-state index in [0.717, 1.165) is 12.8 Å². The summed E-state index contributed by atoms with van der Waals surface area (Å²) in [6, 6.07) is 8.54. The SMILES string of the molecule is C=Cc1ccccc1/C=C(\C(C)CC)C(C)(C)/C(=C/C=C\C=C1CC1)CC.CC.CC.CC. The van der Waals surface area contributed by atoms with Gasteiger partial charge in [0.2, 0.25) is 0 Å². The largest absolute Gasteiger partial charge is 0.0984 e. The molecule has 0 aromatic heterocycles. The van der Waals surface area contributed by atoms with Crippen molar-refractivity contribution < 1.29 is 0 Å². The molecular weight excluding hydrogens is 396 g/mol. The molecule has 0 radical (unpaired) electrons. The minimum absolute atomic E-state index is 0.0233. The van der Waals surface area contributed by atoms with E-state index in [9.17, 15) is 0 Å². The molecule has 0 amide bonds. The molecule has 2 rings (SSSR count). The lowest BCUT2D eigenvalue weighted by Crippen LogP contribution is -2.22. The smallest absolute Gasteiger partial charge is 0.00730 e. The third-order valence-corrected chi connectivity index (χ3v) is 5.85. The van der Waals surface area contributed by atoms with Crippen LogP contribution in [0.2, 0.25) is 0 Å².